The summed E-state index contributed by atoms with van der Waals surface area (Å²) in [5.74, 6) is 0.597. The number of carbonyl (C=O) groups is 1. The number of nitrogens with two attached hydrogens (primary N) is 1. The molecule has 0 saturated carbocycles. The van der Waals surface area contributed by atoms with Gasteiger partial charge >= 0.3 is 0 Å². The predicted octanol–water partition coefficient (Wildman–Crippen LogP) is 2.13. The maximum absolute atomic E-state index is 11.6. The highest BCUT2D eigenvalue weighted by Crippen LogP contribution is 2.18. The largest absolute Gasteiger partial charge is 0.368 e. The van der Waals surface area contributed by atoms with Gasteiger partial charge < -0.3 is 16.0 Å². The zero-order valence-electron chi connectivity index (χ0n) is 13.7. The van der Waals surface area contributed by atoms with Crippen molar-refractivity contribution < 1.29 is 4.79 Å². The first kappa shape index (κ1) is 17.4. The second kappa shape index (κ2) is 7.99. The summed E-state index contributed by atoms with van der Waals surface area (Å²) in [6, 6.07) is 0.274. The van der Waals surface area contributed by atoms with Crippen molar-refractivity contribution in [3.05, 3.63) is 0 Å². The van der Waals surface area contributed by atoms with Crippen LogP contribution in [0.4, 0.5) is 0 Å². The smallest absolute Gasteiger partial charge is 0.237 e. The van der Waals surface area contributed by atoms with E-state index in [9.17, 15) is 4.79 Å². The fourth-order valence-electron chi connectivity index (χ4n) is 3.21. The lowest BCUT2D eigenvalue weighted by Crippen LogP contribution is -2.55. The van der Waals surface area contributed by atoms with E-state index >= 15 is 0 Å². The standard InChI is InChI=1S/C16H33N3O/c1-13(2)18-16(4,15(17)20)9-5-6-10-19-11-7-8-14(3)12-19/h13-14,18H,5-12H2,1-4H3,(H2,17,20). The van der Waals surface area contributed by atoms with Crippen molar-refractivity contribution >= 4 is 5.91 Å². The highest BCUT2D eigenvalue weighted by atomic mass is 16.1. The molecule has 0 aliphatic carbocycles. The number of nitrogens with one attached hydrogen (secondary N) is 1. The molecule has 2 unspecified atom stereocenters. The van der Waals surface area contributed by atoms with Crippen LogP contribution in [0.3, 0.4) is 0 Å². The highest BCUT2D eigenvalue weighted by Gasteiger charge is 2.30. The van der Waals surface area contributed by atoms with Crippen LogP contribution in [-0.4, -0.2) is 42.0 Å². The van der Waals surface area contributed by atoms with Gasteiger partial charge in [0.25, 0.3) is 0 Å². The van der Waals surface area contributed by atoms with Gasteiger partial charge in [-0.25, -0.2) is 0 Å². The topological polar surface area (TPSA) is 58.4 Å². The summed E-state index contributed by atoms with van der Waals surface area (Å²) in [5.41, 5.74) is 4.98. The van der Waals surface area contributed by atoms with Gasteiger partial charge in [0, 0.05) is 12.6 Å². The first-order valence-corrected chi connectivity index (χ1v) is 8.13. The van der Waals surface area contributed by atoms with Crippen LogP contribution in [0, 0.1) is 5.92 Å². The Labute approximate surface area is 124 Å². The highest BCUT2D eigenvalue weighted by molar-refractivity contribution is 5.84. The second-order valence-corrected chi connectivity index (χ2v) is 7.00. The molecule has 0 aromatic carbocycles. The number of hydrogen-bond acceptors (Lipinski definition) is 3. The van der Waals surface area contributed by atoms with Crippen LogP contribution in [0.1, 0.15) is 59.8 Å². The summed E-state index contributed by atoms with van der Waals surface area (Å²) in [6.45, 7) is 12.0. The number of piperidine rings is 1. The number of primary amides is 1. The van der Waals surface area contributed by atoms with Crippen LogP contribution in [-0.2, 0) is 4.79 Å². The van der Waals surface area contributed by atoms with Gasteiger partial charge in [-0.3, -0.25) is 4.79 Å². The SMILES string of the molecule is CC1CCCN(CCCCC(C)(NC(C)C)C(N)=O)C1. The number of amides is 1. The molecule has 0 bridgehead atoms. The Balaban J connectivity index is 2.28. The molecule has 1 amide bonds. The summed E-state index contributed by atoms with van der Waals surface area (Å²) < 4.78 is 0. The average Bonchev–Trinajstić information content (AvgIpc) is 2.34. The number of carbonyl (C=O) groups excluding carboxylic acids is 1. The lowest BCUT2D eigenvalue weighted by atomic mass is 9.92. The maximum atomic E-state index is 11.6. The van der Waals surface area contributed by atoms with Crippen LogP contribution in [0.2, 0.25) is 0 Å². The zero-order chi connectivity index (χ0) is 15.2. The minimum atomic E-state index is -0.566. The molecular weight excluding hydrogens is 250 g/mol. The molecule has 118 valence electrons. The molecule has 1 aliphatic rings. The van der Waals surface area contributed by atoms with Crippen molar-refractivity contribution in [1.29, 1.82) is 0 Å². The van der Waals surface area contributed by atoms with Crippen LogP contribution < -0.4 is 11.1 Å². The van der Waals surface area contributed by atoms with Crippen molar-refractivity contribution in [3.8, 4) is 0 Å². The van der Waals surface area contributed by atoms with E-state index in [2.05, 4.69) is 31.0 Å². The van der Waals surface area contributed by atoms with Gasteiger partial charge in [-0.05, 0) is 71.9 Å². The summed E-state index contributed by atoms with van der Waals surface area (Å²) in [5, 5.41) is 3.31. The average molecular weight is 283 g/mol. The Kier molecular flexibility index (Phi) is 6.96. The predicted molar refractivity (Wildman–Crippen MR) is 84.6 cm³/mol. The lowest BCUT2D eigenvalue weighted by molar-refractivity contribution is -0.124. The van der Waals surface area contributed by atoms with Crippen molar-refractivity contribution in [1.82, 2.24) is 10.2 Å². The third-order valence-electron chi connectivity index (χ3n) is 4.29. The molecule has 20 heavy (non-hydrogen) atoms. The minimum Gasteiger partial charge on any atom is -0.368 e. The van der Waals surface area contributed by atoms with Crippen molar-refractivity contribution in [2.75, 3.05) is 19.6 Å². The van der Waals surface area contributed by atoms with E-state index in [0.717, 1.165) is 31.7 Å². The van der Waals surface area contributed by atoms with Gasteiger partial charge in [0.15, 0.2) is 0 Å². The van der Waals surface area contributed by atoms with E-state index in [4.69, 9.17) is 5.73 Å². The van der Waals surface area contributed by atoms with E-state index in [-0.39, 0.29) is 11.9 Å². The number of nitrogens with zero attached hydrogens (tertiary/aromatic N) is 1. The molecule has 4 heteroatoms. The molecule has 0 spiro atoms. The molecule has 1 saturated heterocycles. The molecule has 1 heterocycles. The first-order valence-electron chi connectivity index (χ1n) is 8.13. The molecule has 1 rings (SSSR count). The third kappa shape index (κ3) is 5.80. The first-order chi connectivity index (χ1) is 9.33. The monoisotopic (exact) mass is 283 g/mol. The molecule has 0 aromatic heterocycles. The van der Waals surface area contributed by atoms with Gasteiger partial charge in [0.2, 0.25) is 5.91 Å². The summed E-state index contributed by atoms with van der Waals surface area (Å²) in [6.07, 6.45) is 5.72. The molecule has 1 aliphatic heterocycles. The van der Waals surface area contributed by atoms with Crippen molar-refractivity contribution in [2.45, 2.75) is 71.4 Å². The van der Waals surface area contributed by atoms with Crippen molar-refractivity contribution in [2.24, 2.45) is 11.7 Å². The summed E-state index contributed by atoms with van der Waals surface area (Å²) in [4.78, 5) is 14.2. The number of likely N-dealkylation sites (tertiary alicyclic amines) is 1. The van der Waals surface area contributed by atoms with Crippen LogP contribution >= 0.6 is 0 Å². The van der Waals surface area contributed by atoms with Crippen LogP contribution in [0.25, 0.3) is 0 Å². The molecule has 2 atom stereocenters. The summed E-state index contributed by atoms with van der Waals surface area (Å²) >= 11 is 0. The Morgan fingerprint density at radius 3 is 2.70 bits per heavy atom. The number of rotatable bonds is 8. The van der Waals surface area contributed by atoms with E-state index < -0.39 is 5.54 Å². The minimum absolute atomic E-state index is 0.238. The zero-order valence-corrected chi connectivity index (χ0v) is 13.7. The maximum Gasteiger partial charge on any atom is 0.237 e. The quantitative estimate of drug-likeness (QED) is 0.671. The molecule has 1 fully saturated rings. The molecule has 3 N–H and O–H groups in total. The van der Waals surface area contributed by atoms with Gasteiger partial charge in [0.1, 0.15) is 0 Å². The molecule has 4 nitrogen and oxygen atoms in total. The van der Waals surface area contributed by atoms with Crippen molar-refractivity contribution in [3.63, 3.8) is 0 Å². The number of hydrogen-bond donors (Lipinski definition) is 2. The lowest BCUT2D eigenvalue weighted by Gasteiger charge is -2.32. The molecule has 0 aromatic rings. The third-order valence-corrected chi connectivity index (χ3v) is 4.29. The molecular formula is C16H33N3O. The van der Waals surface area contributed by atoms with Gasteiger partial charge in [0.05, 0.1) is 5.54 Å². The van der Waals surface area contributed by atoms with E-state index in [1.165, 1.54) is 25.9 Å². The van der Waals surface area contributed by atoms with Gasteiger partial charge in [-0.2, -0.15) is 0 Å². The normalized spacial score (nSPS) is 23.8. The van der Waals surface area contributed by atoms with Crippen LogP contribution in [0.15, 0.2) is 0 Å². The van der Waals surface area contributed by atoms with E-state index in [1.807, 2.05) is 6.92 Å². The Bertz CT molecular complexity index is 306. The Morgan fingerprint density at radius 2 is 2.15 bits per heavy atom. The Morgan fingerprint density at radius 1 is 1.45 bits per heavy atom. The fourth-order valence-corrected chi connectivity index (χ4v) is 3.21. The second-order valence-electron chi connectivity index (χ2n) is 7.00. The Hall–Kier alpha value is -0.610. The number of unbranched alkanes of at least 4 members (excludes halogenated alkanes) is 1. The molecule has 0 radical (unpaired) electrons. The summed E-state index contributed by atoms with van der Waals surface area (Å²) in [7, 11) is 0. The van der Waals surface area contributed by atoms with E-state index in [0.29, 0.717) is 0 Å². The van der Waals surface area contributed by atoms with Crippen LogP contribution in [0.5, 0.6) is 0 Å². The van der Waals surface area contributed by atoms with Gasteiger partial charge in [-0.15, -0.1) is 0 Å². The van der Waals surface area contributed by atoms with E-state index in [1.54, 1.807) is 0 Å². The fraction of sp³-hybridized carbons (Fsp3) is 0.938. The van der Waals surface area contributed by atoms with Gasteiger partial charge in [-0.1, -0.05) is 6.92 Å².